The van der Waals surface area contributed by atoms with Gasteiger partial charge >= 0.3 is 6.03 Å². The van der Waals surface area contributed by atoms with Crippen molar-refractivity contribution in [2.75, 3.05) is 20.2 Å². The van der Waals surface area contributed by atoms with Crippen LogP contribution in [0, 0.1) is 5.41 Å². The molecule has 1 atom stereocenters. The summed E-state index contributed by atoms with van der Waals surface area (Å²) in [6, 6.07) is 7.70. The van der Waals surface area contributed by atoms with Crippen LogP contribution >= 0.6 is 0 Å². The van der Waals surface area contributed by atoms with Crippen molar-refractivity contribution in [2.45, 2.75) is 52.6 Å². The van der Waals surface area contributed by atoms with Gasteiger partial charge in [0, 0.05) is 18.5 Å². The number of ether oxygens (including phenoxy) is 1. The Kier molecular flexibility index (Phi) is 7.08. The molecule has 0 heterocycles. The minimum Gasteiger partial charge on any atom is -0.497 e. The molecule has 0 aliphatic rings. The van der Waals surface area contributed by atoms with Gasteiger partial charge in [-0.25, -0.2) is 4.79 Å². The summed E-state index contributed by atoms with van der Waals surface area (Å²) in [5.74, 6) is 0.820. The fraction of sp³-hybridized carbons (Fsp3) is 0.632. The number of carbonyl (C=O) groups is 1. The summed E-state index contributed by atoms with van der Waals surface area (Å²) < 4.78 is 5.17. The molecule has 5 heteroatoms. The first-order chi connectivity index (χ1) is 11.1. The van der Waals surface area contributed by atoms with E-state index in [1.54, 1.807) is 14.0 Å². The maximum absolute atomic E-state index is 12.0. The van der Waals surface area contributed by atoms with Crippen molar-refractivity contribution < 1.29 is 14.6 Å². The van der Waals surface area contributed by atoms with Crippen molar-refractivity contribution in [2.24, 2.45) is 5.41 Å². The molecule has 0 saturated heterocycles. The third-order valence-electron chi connectivity index (χ3n) is 4.14. The topological polar surface area (TPSA) is 70.6 Å². The van der Waals surface area contributed by atoms with Gasteiger partial charge < -0.3 is 20.5 Å². The van der Waals surface area contributed by atoms with Gasteiger partial charge in [-0.05, 0) is 36.5 Å². The summed E-state index contributed by atoms with van der Waals surface area (Å²) in [5.41, 5.74) is 0.813. The Bertz CT molecular complexity index is 522. The Balaban J connectivity index is 2.49. The maximum atomic E-state index is 12.0. The molecular weight excluding hydrogens is 304 g/mol. The van der Waals surface area contributed by atoms with Gasteiger partial charge in [-0.15, -0.1) is 0 Å². The van der Waals surface area contributed by atoms with Crippen LogP contribution in [0.25, 0.3) is 0 Å². The molecule has 1 unspecified atom stereocenters. The Hall–Kier alpha value is -1.75. The highest BCUT2D eigenvalue weighted by Gasteiger charge is 2.23. The molecule has 5 nitrogen and oxygen atoms in total. The normalized spacial score (nSPS) is 13.3. The van der Waals surface area contributed by atoms with E-state index in [9.17, 15) is 9.90 Å². The molecule has 0 fully saturated rings. The maximum Gasteiger partial charge on any atom is 0.314 e. The molecule has 0 spiro atoms. The van der Waals surface area contributed by atoms with E-state index in [1.165, 1.54) is 0 Å². The van der Waals surface area contributed by atoms with E-state index in [1.807, 2.05) is 38.1 Å². The van der Waals surface area contributed by atoms with E-state index in [2.05, 4.69) is 24.5 Å². The zero-order chi connectivity index (χ0) is 18.4. The summed E-state index contributed by atoms with van der Waals surface area (Å²) >= 11 is 0. The zero-order valence-corrected chi connectivity index (χ0v) is 15.8. The number of rotatable bonds is 8. The van der Waals surface area contributed by atoms with Crippen LogP contribution in [0.5, 0.6) is 5.75 Å². The smallest absolute Gasteiger partial charge is 0.314 e. The average Bonchev–Trinajstić information content (AvgIpc) is 2.50. The summed E-state index contributed by atoms with van der Waals surface area (Å²) in [6.45, 7) is 11.1. The van der Waals surface area contributed by atoms with Crippen molar-refractivity contribution in [1.29, 1.82) is 0 Å². The number of aliphatic hydroxyl groups excluding tert-OH is 1. The highest BCUT2D eigenvalue weighted by molar-refractivity contribution is 5.74. The van der Waals surface area contributed by atoms with Crippen molar-refractivity contribution in [3.05, 3.63) is 29.8 Å². The summed E-state index contributed by atoms with van der Waals surface area (Å²) in [7, 11) is 1.64. The van der Waals surface area contributed by atoms with Crippen LogP contribution in [0.3, 0.4) is 0 Å². The molecule has 1 aromatic carbocycles. The van der Waals surface area contributed by atoms with Crippen molar-refractivity contribution >= 4 is 6.03 Å². The highest BCUT2D eigenvalue weighted by atomic mass is 16.5. The first kappa shape index (κ1) is 20.3. The van der Waals surface area contributed by atoms with Crippen LogP contribution in [-0.4, -0.2) is 37.4 Å². The lowest BCUT2D eigenvalue weighted by Gasteiger charge is -2.28. The van der Waals surface area contributed by atoms with Crippen molar-refractivity contribution in [3.63, 3.8) is 0 Å². The lowest BCUT2D eigenvalue weighted by Crippen LogP contribution is -2.45. The van der Waals surface area contributed by atoms with Gasteiger partial charge in [0.15, 0.2) is 0 Å². The van der Waals surface area contributed by atoms with E-state index in [-0.39, 0.29) is 23.0 Å². The molecule has 136 valence electrons. The van der Waals surface area contributed by atoms with Gasteiger partial charge in [0.2, 0.25) is 0 Å². The predicted molar refractivity (Wildman–Crippen MR) is 97.5 cm³/mol. The Morgan fingerprint density at radius 3 is 2.17 bits per heavy atom. The minimum absolute atomic E-state index is 0.142. The molecule has 1 rings (SSSR count). The van der Waals surface area contributed by atoms with Crippen LogP contribution in [0.1, 0.15) is 46.6 Å². The molecule has 0 saturated carbocycles. The third kappa shape index (κ3) is 6.79. The number of urea groups is 1. The highest BCUT2D eigenvalue weighted by Crippen LogP contribution is 2.24. The van der Waals surface area contributed by atoms with Gasteiger partial charge in [-0.3, -0.25) is 0 Å². The van der Waals surface area contributed by atoms with E-state index in [0.717, 1.165) is 11.3 Å². The molecule has 3 N–H and O–H groups in total. The quantitative estimate of drug-likeness (QED) is 0.683. The molecule has 0 radical (unpaired) electrons. The SMILES string of the molecule is COc1ccc(C(C)(C)CNC(=O)NCC(C)(C)CC(C)O)cc1. The predicted octanol–water partition coefficient (Wildman–Crippen LogP) is 3.07. The van der Waals surface area contributed by atoms with Crippen LogP contribution in [-0.2, 0) is 5.41 Å². The van der Waals surface area contributed by atoms with Gasteiger partial charge in [0.1, 0.15) is 5.75 Å². The lowest BCUT2D eigenvalue weighted by atomic mass is 9.84. The van der Waals surface area contributed by atoms with E-state index < -0.39 is 0 Å². The van der Waals surface area contributed by atoms with Crippen LogP contribution in [0.15, 0.2) is 24.3 Å². The number of hydrogen-bond donors (Lipinski definition) is 3. The second-order valence-electron chi connectivity index (χ2n) is 7.87. The summed E-state index contributed by atoms with van der Waals surface area (Å²) in [6.07, 6.45) is 0.267. The number of amides is 2. The number of aliphatic hydroxyl groups is 1. The van der Waals surface area contributed by atoms with Crippen LogP contribution < -0.4 is 15.4 Å². The van der Waals surface area contributed by atoms with Gasteiger partial charge in [0.05, 0.1) is 13.2 Å². The third-order valence-corrected chi connectivity index (χ3v) is 4.14. The first-order valence-electron chi connectivity index (χ1n) is 8.40. The number of hydrogen-bond acceptors (Lipinski definition) is 3. The number of carbonyl (C=O) groups excluding carboxylic acids is 1. The van der Waals surface area contributed by atoms with Gasteiger partial charge in [-0.1, -0.05) is 39.8 Å². The molecular formula is C19H32N2O3. The largest absolute Gasteiger partial charge is 0.497 e. The standard InChI is InChI=1S/C19H32N2O3/c1-14(22)11-18(2,3)12-20-17(23)21-13-19(4,5)15-7-9-16(24-6)10-8-15/h7-10,14,22H,11-13H2,1-6H3,(H2,20,21,23). The molecule has 0 bridgehead atoms. The fourth-order valence-corrected chi connectivity index (χ4v) is 2.70. The Morgan fingerprint density at radius 2 is 1.67 bits per heavy atom. The fourth-order valence-electron chi connectivity index (χ4n) is 2.70. The van der Waals surface area contributed by atoms with Crippen LogP contribution in [0.4, 0.5) is 4.79 Å². The van der Waals surface area contributed by atoms with Crippen molar-refractivity contribution in [1.82, 2.24) is 10.6 Å². The molecule has 0 aliphatic carbocycles. The van der Waals surface area contributed by atoms with Crippen molar-refractivity contribution in [3.8, 4) is 5.75 Å². The van der Waals surface area contributed by atoms with E-state index in [0.29, 0.717) is 19.5 Å². The zero-order valence-electron chi connectivity index (χ0n) is 15.8. The molecule has 1 aromatic rings. The second-order valence-corrected chi connectivity index (χ2v) is 7.87. The van der Waals surface area contributed by atoms with E-state index >= 15 is 0 Å². The molecule has 0 aliphatic heterocycles. The summed E-state index contributed by atoms with van der Waals surface area (Å²) in [5, 5.41) is 15.3. The van der Waals surface area contributed by atoms with Gasteiger partial charge in [0.25, 0.3) is 0 Å². The number of methoxy groups -OCH3 is 1. The average molecular weight is 336 g/mol. The molecule has 0 aromatic heterocycles. The van der Waals surface area contributed by atoms with Gasteiger partial charge in [-0.2, -0.15) is 0 Å². The Labute approximate surface area is 145 Å². The minimum atomic E-state index is -0.376. The lowest BCUT2D eigenvalue weighted by molar-refractivity contribution is 0.128. The molecule has 2 amide bonds. The summed E-state index contributed by atoms with van der Waals surface area (Å²) in [4.78, 5) is 12.0. The number of nitrogens with one attached hydrogen (secondary N) is 2. The molecule has 24 heavy (non-hydrogen) atoms. The Morgan fingerprint density at radius 1 is 1.12 bits per heavy atom. The van der Waals surface area contributed by atoms with E-state index in [4.69, 9.17) is 4.74 Å². The monoisotopic (exact) mass is 336 g/mol. The first-order valence-corrected chi connectivity index (χ1v) is 8.40. The number of benzene rings is 1. The van der Waals surface area contributed by atoms with Crippen LogP contribution in [0.2, 0.25) is 0 Å². The second kappa shape index (κ2) is 8.38.